The monoisotopic (exact) mass is 298 g/mol. The molecule has 0 fully saturated rings. The van der Waals surface area contributed by atoms with Crippen molar-refractivity contribution in [1.82, 2.24) is 9.55 Å². The average Bonchev–Trinajstić information content (AvgIpc) is 2.89. The van der Waals surface area contributed by atoms with Crippen LogP contribution in [0, 0.1) is 22.7 Å². The highest BCUT2D eigenvalue weighted by atomic mass is 79.9. The zero-order valence-electron chi connectivity index (χ0n) is 9.21. The molecule has 0 aliphatic rings. The smallest absolute Gasteiger partial charge is 0.130 e. The molecule has 86 valence electrons. The molecule has 1 aromatic heterocycles. The van der Waals surface area contributed by atoms with Crippen LogP contribution in [0.25, 0.3) is 11.8 Å². The second-order valence-electron chi connectivity index (χ2n) is 3.46. The van der Waals surface area contributed by atoms with Crippen LogP contribution in [-0.2, 0) is 0 Å². The number of halogens is 1. The van der Waals surface area contributed by atoms with E-state index < -0.39 is 0 Å². The van der Waals surface area contributed by atoms with Crippen LogP contribution in [0.5, 0.6) is 0 Å². The largest absolute Gasteiger partial charge is 0.305 e. The maximum absolute atomic E-state index is 8.70. The van der Waals surface area contributed by atoms with E-state index in [2.05, 4.69) is 20.9 Å². The molecule has 0 aliphatic heterocycles. The van der Waals surface area contributed by atoms with E-state index >= 15 is 0 Å². The SMILES string of the molecule is N#CC(C#N)=Cc1ccc(-n2ccnc2)c(Br)c1. The van der Waals surface area contributed by atoms with Gasteiger partial charge in [0.15, 0.2) is 0 Å². The third-order valence-corrected chi connectivity index (χ3v) is 2.94. The van der Waals surface area contributed by atoms with Crippen molar-refractivity contribution in [3.05, 3.63) is 52.5 Å². The Morgan fingerprint density at radius 1 is 1.33 bits per heavy atom. The summed E-state index contributed by atoms with van der Waals surface area (Å²) in [6.45, 7) is 0. The molecule has 2 rings (SSSR count). The van der Waals surface area contributed by atoms with Gasteiger partial charge >= 0.3 is 0 Å². The molecular weight excluding hydrogens is 292 g/mol. The molecule has 0 saturated heterocycles. The van der Waals surface area contributed by atoms with E-state index in [1.54, 1.807) is 18.6 Å². The number of nitrogens with zero attached hydrogens (tertiary/aromatic N) is 4. The lowest BCUT2D eigenvalue weighted by atomic mass is 10.1. The molecule has 18 heavy (non-hydrogen) atoms. The first-order valence-corrected chi connectivity index (χ1v) is 5.83. The van der Waals surface area contributed by atoms with Gasteiger partial charge < -0.3 is 4.57 Å². The fourth-order valence-electron chi connectivity index (χ4n) is 1.48. The van der Waals surface area contributed by atoms with Crippen molar-refractivity contribution in [1.29, 1.82) is 10.5 Å². The minimum absolute atomic E-state index is 0.0808. The van der Waals surface area contributed by atoms with Gasteiger partial charge in [0, 0.05) is 16.9 Å². The fourth-order valence-corrected chi connectivity index (χ4v) is 2.08. The van der Waals surface area contributed by atoms with Gasteiger partial charge in [-0.25, -0.2) is 4.98 Å². The molecule has 0 unspecified atom stereocenters. The number of nitriles is 2. The normalized spacial score (nSPS) is 9.28. The van der Waals surface area contributed by atoms with Gasteiger partial charge in [-0.15, -0.1) is 0 Å². The minimum Gasteiger partial charge on any atom is -0.305 e. The zero-order chi connectivity index (χ0) is 13.0. The van der Waals surface area contributed by atoms with Gasteiger partial charge in [0.1, 0.15) is 17.7 Å². The molecule has 0 saturated carbocycles. The molecule has 1 aromatic carbocycles. The van der Waals surface area contributed by atoms with Gasteiger partial charge in [0.2, 0.25) is 0 Å². The average molecular weight is 299 g/mol. The maximum atomic E-state index is 8.70. The Balaban J connectivity index is 2.41. The summed E-state index contributed by atoms with van der Waals surface area (Å²) in [5, 5.41) is 17.4. The maximum Gasteiger partial charge on any atom is 0.130 e. The molecule has 0 amide bonds. The Morgan fingerprint density at radius 3 is 2.67 bits per heavy atom. The van der Waals surface area contributed by atoms with Gasteiger partial charge in [-0.05, 0) is 39.7 Å². The number of hydrogen-bond acceptors (Lipinski definition) is 3. The number of rotatable bonds is 2. The van der Waals surface area contributed by atoms with Crippen molar-refractivity contribution in [2.75, 3.05) is 0 Å². The third kappa shape index (κ3) is 2.48. The molecular formula is C13H7BrN4. The molecule has 2 aromatic rings. The number of imidazole rings is 1. The third-order valence-electron chi connectivity index (χ3n) is 2.31. The lowest BCUT2D eigenvalue weighted by Gasteiger charge is -2.05. The van der Waals surface area contributed by atoms with Crippen LogP contribution in [0.15, 0.2) is 47.0 Å². The van der Waals surface area contributed by atoms with Crippen molar-refractivity contribution in [3.8, 4) is 17.8 Å². The van der Waals surface area contributed by atoms with E-state index in [4.69, 9.17) is 10.5 Å². The van der Waals surface area contributed by atoms with Gasteiger partial charge in [-0.3, -0.25) is 0 Å². The highest BCUT2D eigenvalue weighted by molar-refractivity contribution is 9.10. The van der Waals surface area contributed by atoms with Gasteiger partial charge in [-0.2, -0.15) is 10.5 Å². The van der Waals surface area contributed by atoms with Gasteiger partial charge in [-0.1, -0.05) is 6.07 Å². The first-order valence-electron chi connectivity index (χ1n) is 5.04. The van der Waals surface area contributed by atoms with Crippen molar-refractivity contribution >= 4 is 22.0 Å². The first kappa shape index (κ1) is 12.1. The van der Waals surface area contributed by atoms with Crippen molar-refractivity contribution in [2.45, 2.75) is 0 Å². The highest BCUT2D eigenvalue weighted by Gasteiger charge is 2.03. The predicted octanol–water partition coefficient (Wildman–Crippen LogP) is 3.07. The predicted molar refractivity (Wildman–Crippen MR) is 70.5 cm³/mol. The summed E-state index contributed by atoms with van der Waals surface area (Å²) in [7, 11) is 0. The Labute approximate surface area is 113 Å². The van der Waals surface area contributed by atoms with Crippen molar-refractivity contribution in [2.24, 2.45) is 0 Å². The molecule has 0 N–H and O–H groups in total. The van der Waals surface area contributed by atoms with Crippen LogP contribution in [0.4, 0.5) is 0 Å². The molecule has 0 atom stereocenters. The quantitative estimate of drug-likeness (QED) is 0.800. The number of allylic oxidation sites excluding steroid dienone is 1. The molecule has 5 heteroatoms. The Kier molecular flexibility index (Phi) is 3.57. The van der Waals surface area contributed by atoms with E-state index in [1.165, 1.54) is 0 Å². The second kappa shape index (κ2) is 5.31. The van der Waals surface area contributed by atoms with E-state index in [0.717, 1.165) is 15.7 Å². The van der Waals surface area contributed by atoms with Crippen LogP contribution in [0.1, 0.15) is 5.56 Å². The van der Waals surface area contributed by atoms with E-state index in [9.17, 15) is 0 Å². The number of benzene rings is 1. The van der Waals surface area contributed by atoms with Crippen LogP contribution in [0.3, 0.4) is 0 Å². The first-order chi connectivity index (χ1) is 8.74. The number of hydrogen-bond donors (Lipinski definition) is 0. The van der Waals surface area contributed by atoms with Gasteiger partial charge in [0.05, 0.1) is 12.0 Å². The van der Waals surface area contributed by atoms with Crippen LogP contribution >= 0.6 is 15.9 Å². The lowest BCUT2D eigenvalue weighted by molar-refractivity contribution is 1.05. The highest BCUT2D eigenvalue weighted by Crippen LogP contribution is 2.23. The van der Waals surface area contributed by atoms with E-state index in [0.29, 0.717) is 0 Å². The number of aromatic nitrogens is 2. The van der Waals surface area contributed by atoms with Crippen LogP contribution < -0.4 is 0 Å². The standard InChI is InChI=1S/C13H7BrN4/c14-12-6-10(5-11(7-15)8-16)1-2-13(12)18-4-3-17-9-18/h1-6,9H. The van der Waals surface area contributed by atoms with Crippen molar-refractivity contribution < 1.29 is 0 Å². The summed E-state index contributed by atoms with van der Waals surface area (Å²) in [4.78, 5) is 3.98. The molecule has 0 aliphatic carbocycles. The lowest BCUT2D eigenvalue weighted by Crippen LogP contribution is -1.91. The summed E-state index contributed by atoms with van der Waals surface area (Å²) in [5.41, 5.74) is 1.82. The van der Waals surface area contributed by atoms with E-state index in [-0.39, 0.29) is 5.57 Å². The summed E-state index contributed by atoms with van der Waals surface area (Å²) >= 11 is 3.46. The molecule has 0 bridgehead atoms. The fraction of sp³-hybridized carbons (Fsp3) is 0. The zero-order valence-corrected chi connectivity index (χ0v) is 10.8. The Bertz CT molecular complexity index is 656. The molecule has 0 spiro atoms. The topological polar surface area (TPSA) is 65.4 Å². The van der Waals surface area contributed by atoms with Crippen LogP contribution in [-0.4, -0.2) is 9.55 Å². The molecule has 0 radical (unpaired) electrons. The molecule has 1 heterocycles. The summed E-state index contributed by atoms with van der Waals surface area (Å²) < 4.78 is 2.73. The molecule has 4 nitrogen and oxygen atoms in total. The summed E-state index contributed by atoms with van der Waals surface area (Å²) in [6.07, 6.45) is 6.78. The Morgan fingerprint density at radius 2 is 2.11 bits per heavy atom. The second-order valence-corrected chi connectivity index (χ2v) is 4.32. The summed E-state index contributed by atoms with van der Waals surface area (Å²) in [6, 6.07) is 9.25. The Hall–Kier alpha value is -2.37. The van der Waals surface area contributed by atoms with Gasteiger partial charge in [0.25, 0.3) is 0 Å². The summed E-state index contributed by atoms with van der Waals surface area (Å²) in [5.74, 6) is 0. The van der Waals surface area contributed by atoms with E-state index in [1.807, 2.05) is 41.1 Å². The minimum atomic E-state index is 0.0808. The van der Waals surface area contributed by atoms with Crippen molar-refractivity contribution in [3.63, 3.8) is 0 Å². The van der Waals surface area contributed by atoms with Crippen LogP contribution in [0.2, 0.25) is 0 Å².